The molecule has 0 radical (unpaired) electrons. The molecular formula is C20H25N3O2. The molecule has 2 aromatic rings. The molecule has 25 heavy (non-hydrogen) atoms. The number of nitrogens with one attached hydrogen (secondary N) is 1. The predicted molar refractivity (Wildman–Crippen MR) is 98.2 cm³/mol. The van der Waals surface area contributed by atoms with Crippen molar-refractivity contribution in [2.24, 2.45) is 5.92 Å². The highest BCUT2D eigenvalue weighted by atomic mass is 16.3. The molecule has 2 N–H and O–H groups in total. The summed E-state index contributed by atoms with van der Waals surface area (Å²) in [6.45, 7) is 5.43. The normalized spacial score (nSPS) is 15.9. The molecule has 0 aliphatic carbocycles. The third kappa shape index (κ3) is 4.87. The van der Waals surface area contributed by atoms with E-state index in [0.29, 0.717) is 11.3 Å². The van der Waals surface area contributed by atoms with Gasteiger partial charge in [0.25, 0.3) is 5.91 Å². The van der Waals surface area contributed by atoms with Crippen LogP contribution < -0.4 is 5.32 Å². The van der Waals surface area contributed by atoms with E-state index in [0.717, 1.165) is 31.2 Å². The first-order valence-electron chi connectivity index (χ1n) is 8.82. The maximum Gasteiger partial charge on any atom is 0.255 e. The Morgan fingerprint density at radius 1 is 1.24 bits per heavy atom. The van der Waals surface area contributed by atoms with Crippen LogP contribution >= 0.6 is 0 Å². The summed E-state index contributed by atoms with van der Waals surface area (Å²) in [4.78, 5) is 18.8. The number of carbonyl (C=O) groups is 1. The first kappa shape index (κ1) is 17.6. The second-order valence-corrected chi connectivity index (χ2v) is 6.80. The topological polar surface area (TPSA) is 65.5 Å². The van der Waals surface area contributed by atoms with Crippen molar-refractivity contribution in [3.05, 3.63) is 59.4 Å². The highest BCUT2D eigenvalue weighted by Crippen LogP contribution is 2.19. The van der Waals surface area contributed by atoms with Crippen LogP contribution in [0.3, 0.4) is 0 Å². The van der Waals surface area contributed by atoms with Crippen LogP contribution in [0.2, 0.25) is 0 Å². The van der Waals surface area contributed by atoms with Crippen LogP contribution in [0.4, 0.5) is 5.69 Å². The Hall–Kier alpha value is -2.24. The van der Waals surface area contributed by atoms with E-state index in [1.165, 1.54) is 24.6 Å². The molecule has 0 spiro atoms. The second kappa shape index (κ2) is 8.23. The Morgan fingerprint density at radius 3 is 2.64 bits per heavy atom. The van der Waals surface area contributed by atoms with E-state index in [1.54, 1.807) is 12.1 Å². The van der Waals surface area contributed by atoms with Crippen LogP contribution in [0.25, 0.3) is 0 Å². The minimum absolute atomic E-state index is 0.176. The van der Waals surface area contributed by atoms with E-state index < -0.39 is 0 Å². The highest BCUT2D eigenvalue weighted by Gasteiger charge is 2.15. The van der Waals surface area contributed by atoms with Crippen molar-refractivity contribution >= 4 is 11.6 Å². The number of amides is 1. The summed E-state index contributed by atoms with van der Waals surface area (Å²) in [5, 5.41) is 12.0. The molecule has 1 fully saturated rings. The summed E-state index contributed by atoms with van der Waals surface area (Å²) >= 11 is 0. The minimum atomic E-state index is -0.199. The molecule has 0 atom stereocenters. The average molecular weight is 339 g/mol. The standard InChI is InChI=1S/C20H25N3O2/c1-15-7-10-23(11-8-15)13-16-2-4-18(5-3-16)22-20(25)17-6-9-21-19(12-17)14-24/h2-6,9,12,15,24H,7-8,10-11,13-14H2,1H3,(H,22,25). The molecule has 132 valence electrons. The molecule has 0 bridgehead atoms. The summed E-state index contributed by atoms with van der Waals surface area (Å²) in [5.41, 5.74) is 3.01. The number of benzene rings is 1. The second-order valence-electron chi connectivity index (χ2n) is 6.80. The molecule has 0 unspecified atom stereocenters. The number of hydrogen-bond acceptors (Lipinski definition) is 4. The first-order chi connectivity index (χ1) is 12.1. The Labute approximate surface area is 148 Å². The van der Waals surface area contributed by atoms with Crippen LogP contribution in [0.1, 0.15) is 41.4 Å². The fourth-order valence-electron chi connectivity index (χ4n) is 3.08. The molecule has 5 nitrogen and oxygen atoms in total. The van der Waals surface area contributed by atoms with Gasteiger partial charge in [0.1, 0.15) is 0 Å². The number of pyridine rings is 1. The zero-order valence-corrected chi connectivity index (χ0v) is 14.6. The molecule has 1 aliphatic rings. The summed E-state index contributed by atoms with van der Waals surface area (Å²) in [7, 11) is 0. The largest absolute Gasteiger partial charge is 0.390 e. The lowest BCUT2D eigenvalue weighted by Gasteiger charge is -2.30. The predicted octanol–water partition coefficient (Wildman–Crippen LogP) is 3.06. The number of aromatic nitrogens is 1. The van der Waals surface area contributed by atoms with Gasteiger partial charge in [0.05, 0.1) is 12.3 Å². The minimum Gasteiger partial charge on any atom is -0.390 e. The van der Waals surface area contributed by atoms with Gasteiger partial charge in [-0.15, -0.1) is 0 Å². The van der Waals surface area contributed by atoms with Crippen molar-refractivity contribution in [3.63, 3.8) is 0 Å². The van der Waals surface area contributed by atoms with Gasteiger partial charge in [-0.3, -0.25) is 14.7 Å². The van der Waals surface area contributed by atoms with Gasteiger partial charge in [0, 0.05) is 24.0 Å². The Bertz CT molecular complexity index is 707. The van der Waals surface area contributed by atoms with Crippen LogP contribution in [-0.4, -0.2) is 34.0 Å². The molecule has 1 amide bonds. The molecule has 5 heteroatoms. The van der Waals surface area contributed by atoms with E-state index in [1.807, 2.05) is 12.1 Å². The van der Waals surface area contributed by atoms with Gasteiger partial charge < -0.3 is 10.4 Å². The van der Waals surface area contributed by atoms with Gasteiger partial charge in [-0.25, -0.2) is 0 Å². The fourth-order valence-corrected chi connectivity index (χ4v) is 3.08. The fraction of sp³-hybridized carbons (Fsp3) is 0.400. The van der Waals surface area contributed by atoms with E-state index in [-0.39, 0.29) is 12.5 Å². The average Bonchev–Trinajstić information content (AvgIpc) is 2.65. The summed E-state index contributed by atoms with van der Waals surface area (Å²) < 4.78 is 0. The number of aliphatic hydroxyl groups is 1. The van der Waals surface area contributed by atoms with Gasteiger partial charge in [-0.05, 0) is 61.7 Å². The van der Waals surface area contributed by atoms with Crippen LogP contribution in [-0.2, 0) is 13.2 Å². The summed E-state index contributed by atoms with van der Waals surface area (Å²) in [6.07, 6.45) is 4.08. The van der Waals surface area contributed by atoms with E-state index in [9.17, 15) is 4.79 Å². The van der Waals surface area contributed by atoms with Gasteiger partial charge >= 0.3 is 0 Å². The van der Waals surface area contributed by atoms with Crippen LogP contribution in [0.5, 0.6) is 0 Å². The van der Waals surface area contributed by atoms with Gasteiger partial charge in [0.15, 0.2) is 0 Å². The van der Waals surface area contributed by atoms with E-state index >= 15 is 0 Å². The highest BCUT2D eigenvalue weighted by molar-refractivity contribution is 6.04. The van der Waals surface area contributed by atoms with Crippen molar-refractivity contribution < 1.29 is 9.90 Å². The van der Waals surface area contributed by atoms with Crippen LogP contribution in [0.15, 0.2) is 42.6 Å². The third-order valence-corrected chi connectivity index (χ3v) is 4.73. The zero-order valence-electron chi connectivity index (χ0n) is 14.6. The number of rotatable bonds is 5. The lowest BCUT2D eigenvalue weighted by Crippen LogP contribution is -2.32. The van der Waals surface area contributed by atoms with Crippen LogP contribution in [0, 0.1) is 5.92 Å². The quantitative estimate of drug-likeness (QED) is 0.879. The molecular weight excluding hydrogens is 314 g/mol. The summed E-state index contributed by atoms with van der Waals surface area (Å²) in [5.74, 6) is 0.642. The van der Waals surface area contributed by atoms with E-state index in [2.05, 4.69) is 34.3 Å². The Kier molecular flexibility index (Phi) is 5.79. The van der Waals surface area contributed by atoms with Crippen molar-refractivity contribution in [1.29, 1.82) is 0 Å². The molecule has 1 aliphatic heterocycles. The number of carbonyl (C=O) groups excluding carboxylic acids is 1. The molecule has 3 rings (SSSR count). The lowest BCUT2D eigenvalue weighted by molar-refractivity contribution is 0.102. The van der Waals surface area contributed by atoms with Crippen molar-refractivity contribution in [3.8, 4) is 0 Å². The molecule has 1 aromatic carbocycles. The van der Waals surface area contributed by atoms with Crippen molar-refractivity contribution in [2.75, 3.05) is 18.4 Å². The smallest absolute Gasteiger partial charge is 0.255 e. The number of piperidine rings is 1. The zero-order chi connectivity index (χ0) is 17.6. The molecule has 0 saturated carbocycles. The number of nitrogens with zero attached hydrogens (tertiary/aromatic N) is 2. The summed E-state index contributed by atoms with van der Waals surface area (Å²) in [6, 6.07) is 11.3. The maximum absolute atomic E-state index is 12.3. The number of aliphatic hydroxyl groups excluding tert-OH is 1. The number of hydrogen-bond donors (Lipinski definition) is 2. The van der Waals surface area contributed by atoms with Gasteiger partial charge in [-0.1, -0.05) is 19.1 Å². The first-order valence-corrected chi connectivity index (χ1v) is 8.82. The lowest BCUT2D eigenvalue weighted by atomic mass is 9.99. The van der Waals surface area contributed by atoms with Gasteiger partial charge in [0.2, 0.25) is 0 Å². The maximum atomic E-state index is 12.3. The third-order valence-electron chi connectivity index (χ3n) is 4.73. The number of anilines is 1. The Balaban J connectivity index is 1.57. The molecule has 2 heterocycles. The molecule has 1 aromatic heterocycles. The monoisotopic (exact) mass is 339 g/mol. The van der Waals surface area contributed by atoms with Gasteiger partial charge in [-0.2, -0.15) is 0 Å². The Morgan fingerprint density at radius 2 is 1.96 bits per heavy atom. The number of likely N-dealkylation sites (tertiary alicyclic amines) is 1. The van der Waals surface area contributed by atoms with Crippen molar-refractivity contribution in [1.82, 2.24) is 9.88 Å². The van der Waals surface area contributed by atoms with Crippen molar-refractivity contribution in [2.45, 2.75) is 32.9 Å². The SMILES string of the molecule is CC1CCN(Cc2ccc(NC(=O)c3ccnc(CO)c3)cc2)CC1. The molecule has 1 saturated heterocycles. The van der Waals surface area contributed by atoms with E-state index in [4.69, 9.17) is 5.11 Å².